The van der Waals surface area contributed by atoms with Crippen LogP contribution in [-0.4, -0.2) is 15.6 Å². The highest BCUT2D eigenvalue weighted by molar-refractivity contribution is 6.29. The molecule has 0 saturated carbocycles. The van der Waals surface area contributed by atoms with Gasteiger partial charge in [0, 0.05) is 18.8 Å². The third kappa shape index (κ3) is 1.85. The van der Waals surface area contributed by atoms with Gasteiger partial charge < -0.3 is 10.7 Å². The van der Waals surface area contributed by atoms with E-state index < -0.39 is 0 Å². The van der Waals surface area contributed by atoms with E-state index in [1.165, 1.54) is 10.8 Å². The van der Waals surface area contributed by atoms with Crippen LogP contribution in [-0.2, 0) is 6.54 Å². The molecular weight excluding hydrogens is 166 g/mol. The number of nitrogens with one attached hydrogen (secondary N) is 1. The van der Waals surface area contributed by atoms with Crippen molar-refractivity contribution in [2.24, 2.45) is 5.73 Å². The monoisotopic (exact) mass is 175 g/mol. The van der Waals surface area contributed by atoms with E-state index >= 15 is 0 Å². The van der Waals surface area contributed by atoms with Gasteiger partial charge in [-0.2, -0.15) is 0 Å². The second-order valence-electron chi connectivity index (χ2n) is 2.50. The van der Waals surface area contributed by atoms with Crippen molar-refractivity contribution in [3.63, 3.8) is 0 Å². The number of nitrogens with two attached hydrogens (primary N) is 1. The molecular formula is C6H10ClN3O. The lowest BCUT2D eigenvalue weighted by molar-refractivity contribution is 0.576. The van der Waals surface area contributed by atoms with Gasteiger partial charge in [0.25, 0.3) is 0 Å². The van der Waals surface area contributed by atoms with Crippen LogP contribution in [0.2, 0.25) is 5.15 Å². The summed E-state index contributed by atoms with van der Waals surface area (Å²) in [6.07, 6.45) is 1.45. The number of H-pyrrole nitrogens is 1. The highest BCUT2D eigenvalue weighted by Gasteiger charge is 2.04. The fourth-order valence-corrected chi connectivity index (χ4v) is 1.03. The first-order valence-corrected chi connectivity index (χ1v) is 3.68. The first-order valence-electron chi connectivity index (χ1n) is 3.30. The second kappa shape index (κ2) is 3.11. The number of rotatable bonds is 2. The molecule has 62 valence electrons. The molecule has 0 fully saturated rings. The Kier molecular flexibility index (Phi) is 2.36. The van der Waals surface area contributed by atoms with Gasteiger partial charge in [-0.15, -0.1) is 0 Å². The third-order valence-corrected chi connectivity index (χ3v) is 1.60. The summed E-state index contributed by atoms with van der Waals surface area (Å²) >= 11 is 5.67. The Labute approximate surface area is 69.0 Å². The van der Waals surface area contributed by atoms with Crippen LogP contribution in [0.1, 0.15) is 6.92 Å². The minimum Gasteiger partial charge on any atom is -0.326 e. The topological polar surface area (TPSA) is 63.8 Å². The highest BCUT2D eigenvalue weighted by atomic mass is 35.5. The number of aromatic amines is 1. The zero-order valence-electron chi connectivity index (χ0n) is 6.17. The van der Waals surface area contributed by atoms with Gasteiger partial charge in [-0.05, 0) is 6.92 Å². The number of nitrogens with zero attached hydrogens (tertiary/aromatic N) is 1. The lowest BCUT2D eigenvalue weighted by Crippen LogP contribution is -2.28. The van der Waals surface area contributed by atoms with E-state index in [0.717, 1.165) is 0 Å². The van der Waals surface area contributed by atoms with Crippen molar-refractivity contribution in [3.05, 3.63) is 21.8 Å². The maximum absolute atomic E-state index is 10.9. The van der Waals surface area contributed by atoms with Crippen LogP contribution in [0, 0.1) is 0 Å². The Morgan fingerprint density at radius 1 is 1.91 bits per heavy atom. The summed E-state index contributed by atoms with van der Waals surface area (Å²) in [7, 11) is 0. The standard InChI is InChI=1S/C6H10ClN3O/c1-4(8)3-10-5(7)2-9-6(10)11/h2,4H,3,8H2,1H3,(H,9,11). The molecule has 1 atom stereocenters. The molecule has 0 saturated heterocycles. The molecule has 0 aliphatic heterocycles. The third-order valence-electron chi connectivity index (χ3n) is 1.29. The summed E-state index contributed by atoms with van der Waals surface area (Å²) in [6.45, 7) is 2.26. The molecule has 5 heteroatoms. The molecule has 0 aliphatic rings. The normalized spacial score (nSPS) is 13.4. The Balaban J connectivity index is 2.92. The average molecular weight is 176 g/mol. The molecule has 1 aromatic heterocycles. The summed E-state index contributed by atoms with van der Waals surface area (Å²) in [6, 6.07) is -0.0685. The van der Waals surface area contributed by atoms with Crippen molar-refractivity contribution in [2.75, 3.05) is 0 Å². The second-order valence-corrected chi connectivity index (χ2v) is 2.89. The van der Waals surface area contributed by atoms with Crippen molar-refractivity contribution in [1.82, 2.24) is 9.55 Å². The molecule has 1 heterocycles. The summed E-state index contributed by atoms with van der Waals surface area (Å²) in [5, 5.41) is 0.396. The Morgan fingerprint density at radius 2 is 2.55 bits per heavy atom. The van der Waals surface area contributed by atoms with E-state index in [2.05, 4.69) is 4.98 Å². The average Bonchev–Trinajstić information content (AvgIpc) is 2.18. The number of aromatic nitrogens is 2. The summed E-state index contributed by atoms with van der Waals surface area (Å²) in [4.78, 5) is 13.4. The zero-order valence-corrected chi connectivity index (χ0v) is 6.93. The van der Waals surface area contributed by atoms with Crippen molar-refractivity contribution < 1.29 is 0 Å². The number of hydrogen-bond donors (Lipinski definition) is 2. The highest BCUT2D eigenvalue weighted by Crippen LogP contribution is 2.02. The Hall–Kier alpha value is -0.740. The molecule has 1 unspecified atom stereocenters. The fourth-order valence-electron chi connectivity index (χ4n) is 0.832. The maximum Gasteiger partial charge on any atom is 0.326 e. The van der Waals surface area contributed by atoms with E-state index in [1.807, 2.05) is 6.92 Å². The van der Waals surface area contributed by atoms with E-state index in [-0.39, 0.29) is 11.7 Å². The van der Waals surface area contributed by atoms with E-state index in [4.69, 9.17) is 17.3 Å². The van der Waals surface area contributed by atoms with E-state index in [9.17, 15) is 4.79 Å². The van der Waals surface area contributed by atoms with Gasteiger partial charge in [0.1, 0.15) is 5.15 Å². The van der Waals surface area contributed by atoms with Crippen LogP contribution < -0.4 is 11.4 Å². The number of hydrogen-bond acceptors (Lipinski definition) is 2. The van der Waals surface area contributed by atoms with Gasteiger partial charge >= 0.3 is 5.69 Å². The predicted molar refractivity (Wildman–Crippen MR) is 43.7 cm³/mol. The zero-order chi connectivity index (χ0) is 8.43. The van der Waals surface area contributed by atoms with Crippen LogP contribution in [0.25, 0.3) is 0 Å². The van der Waals surface area contributed by atoms with Gasteiger partial charge in [0.2, 0.25) is 0 Å². The van der Waals surface area contributed by atoms with Gasteiger partial charge in [0.05, 0.1) is 0 Å². The summed E-state index contributed by atoms with van der Waals surface area (Å²) in [5.74, 6) is 0. The van der Waals surface area contributed by atoms with Crippen molar-refractivity contribution in [1.29, 1.82) is 0 Å². The molecule has 0 amide bonds. The largest absolute Gasteiger partial charge is 0.326 e. The molecule has 4 nitrogen and oxygen atoms in total. The quantitative estimate of drug-likeness (QED) is 0.674. The van der Waals surface area contributed by atoms with Crippen molar-refractivity contribution in [3.8, 4) is 0 Å². The van der Waals surface area contributed by atoms with Crippen LogP contribution in [0.4, 0.5) is 0 Å². The van der Waals surface area contributed by atoms with Gasteiger partial charge in [-0.25, -0.2) is 4.79 Å². The minimum atomic E-state index is -0.215. The molecule has 1 rings (SSSR count). The molecule has 0 bridgehead atoms. The number of imidazole rings is 1. The van der Waals surface area contributed by atoms with Crippen LogP contribution in [0.3, 0.4) is 0 Å². The number of halogens is 1. The van der Waals surface area contributed by atoms with E-state index in [1.54, 1.807) is 0 Å². The first kappa shape index (κ1) is 8.36. The molecule has 3 N–H and O–H groups in total. The predicted octanol–water partition coefficient (Wildman–Crippen LogP) is 0.177. The van der Waals surface area contributed by atoms with Crippen LogP contribution in [0.5, 0.6) is 0 Å². The van der Waals surface area contributed by atoms with Crippen LogP contribution in [0.15, 0.2) is 11.0 Å². The lowest BCUT2D eigenvalue weighted by Gasteiger charge is -2.04. The van der Waals surface area contributed by atoms with Crippen molar-refractivity contribution >= 4 is 11.6 Å². The summed E-state index contributed by atoms with van der Waals surface area (Å²) < 4.78 is 1.40. The van der Waals surface area contributed by atoms with E-state index in [0.29, 0.717) is 11.7 Å². The summed E-state index contributed by atoms with van der Waals surface area (Å²) in [5.41, 5.74) is 5.27. The molecule has 0 aromatic carbocycles. The SMILES string of the molecule is CC(N)Cn1c(Cl)c[nH]c1=O. The molecule has 0 radical (unpaired) electrons. The molecule has 0 spiro atoms. The minimum absolute atomic E-state index is 0.0685. The van der Waals surface area contributed by atoms with Crippen LogP contribution >= 0.6 is 11.6 Å². The molecule has 11 heavy (non-hydrogen) atoms. The molecule has 0 aliphatic carbocycles. The Bertz CT molecular complexity index is 288. The van der Waals surface area contributed by atoms with Gasteiger partial charge in [0.15, 0.2) is 0 Å². The smallest absolute Gasteiger partial charge is 0.326 e. The fraction of sp³-hybridized carbons (Fsp3) is 0.500. The lowest BCUT2D eigenvalue weighted by atomic mass is 10.4. The van der Waals surface area contributed by atoms with Gasteiger partial charge in [-0.1, -0.05) is 11.6 Å². The molecule has 1 aromatic rings. The van der Waals surface area contributed by atoms with Crippen molar-refractivity contribution in [2.45, 2.75) is 19.5 Å². The maximum atomic E-state index is 10.9. The Morgan fingerprint density at radius 3 is 2.91 bits per heavy atom. The first-order chi connectivity index (χ1) is 5.11. The van der Waals surface area contributed by atoms with Gasteiger partial charge in [-0.3, -0.25) is 4.57 Å².